The Morgan fingerprint density at radius 3 is 1.89 bits per heavy atom. The van der Waals surface area contributed by atoms with Gasteiger partial charge in [-0.25, -0.2) is 4.79 Å². The molecule has 1 rings (SSSR count). The molecule has 0 atom stereocenters. The molecule has 0 heterocycles. The second kappa shape index (κ2) is 7.67. The molecule has 1 aromatic carbocycles. The number of nitrogens with one attached hydrogen (secondary N) is 1. The molecule has 0 unspecified atom stereocenters. The summed E-state index contributed by atoms with van der Waals surface area (Å²) in [4.78, 5) is 15.9. The molecule has 0 aliphatic heterocycles. The van der Waals surface area contributed by atoms with Gasteiger partial charge in [-0.05, 0) is 52.0 Å². The molecule has 0 fully saturated rings. The van der Waals surface area contributed by atoms with Gasteiger partial charge in [0, 0.05) is 37.6 Å². The van der Waals surface area contributed by atoms with Crippen molar-refractivity contribution in [3.8, 4) is 0 Å². The smallest absolute Gasteiger partial charge is 0.321 e. The van der Waals surface area contributed by atoms with Crippen LogP contribution in [0.3, 0.4) is 0 Å². The molecule has 19 heavy (non-hydrogen) atoms. The fourth-order valence-corrected chi connectivity index (χ4v) is 2.06. The number of urea groups is 1. The minimum absolute atomic E-state index is 0.0411. The molecule has 0 aliphatic rings. The molecular formula is C15H25N3O. The van der Waals surface area contributed by atoms with Crippen LogP contribution in [0.15, 0.2) is 24.3 Å². The van der Waals surface area contributed by atoms with E-state index in [4.69, 9.17) is 0 Å². The molecule has 4 heteroatoms. The fraction of sp³-hybridized carbons (Fsp3) is 0.533. The van der Waals surface area contributed by atoms with Gasteiger partial charge in [0.2, 0.25) is 0 Å². The number of hydrogen-bond acceptors (Lipinski definition) is 2. The Kier molecular flexibility index (Phi) is 6.19. The van der Waals surface area contributed by atoms with Crippen LogP contribution in [0.25, 0.3) is 0 Å². The Hall–Kier alpha value is -1.71. The third-order valence-corrected chi connectivity index (χ3v) is 3.30. The Labute approximate surface area is 116 Å². The summed E-state index contributed by atoms with van der Waals surface area (Å²) in [5.41, 5.74) is 2.03. The number of nitrogens with zero attached hydrogens (tertiary/aromatic N) is 2. The first-order valence-corrected chi connectivity index (χ1v) is 7.07. The second-order valence-corrected chi connectivity index (χ2v) is 4.32. The molecular weight excluding hydrogens is 238 g/mol. The van der Waals surface area contributed by atoms with Crippen LogP contribution in [0.2, 0.25) is 0 Å². The quantitative estimate of drug-likeness (QED) is 0.853. The molecule has 0 aliphatic carbocycles. The lowest BCUT2D eigenvalue weighted by Gasteiger charge is -2.22. The van der Waals surface area contributed by atoms with Crippen LogP contribution in [-0.4, -0.2) is 37.1 Å². The zero-order valence-corrected chi connectivity index (χ0v) is 12.4. The maximum Gasteiger partial charge on any atom is 0.321 e. The molecule has 4 nitrogen and oxygen atoms in total. The number of carbonyl (C=O) groups excluding carboxylic acids is 1. The summed E-state index contributed by atoms with van der Waals surface area (Å²) in [5, 5.41) is 2.91. The summed E-state index contributed by atoms with van der Waals surface area (Å²) in [7, 11) is 0. The Balaban J connectivity index is 2.69. The normalized spacial score (nSPS) is 10.1. The zero-order chi connectivity index (χ0) is 14.3. The maximum atomic E-state index is 11.9. The van der Waals surface area contributed by atoms with Gasteiger partial charge in [-0.3, -0.25) is 0 Å². The van der Waals surface area contributed by atoms with Crippen molar-refractivity contribution in [1.82, 2.24) is 4.90 Å². The van der Waals surface area contributed by atoms with Crippen molar-refractivity contribution >= 4 is 17.4 Å². The van der Waals surface area contributed by atoms with E-state index in [2.05, 4.69) is 24.1 Å². The first kappa shape index (κ1) is 15.3. The van der Waals surface area contributed by atoms with E-state index in [1.54, 1.807) is 4.90 Å². The fourth-order valence-electron chi connectivity index (χ4n) is 2.06. The van der Waals surface area contributed by atoms with E-state index in [9.17, 15) is 4.79 Å². The highest BCUT2D eigenvalue weighted by molar-refractivity contribution is 5.89. The molecule has 1 aromatic rings. The predicted octanol–water partition coefficient (Wildman–Crippen LogP) is 3.41. The zero-order valence-electron chi connectivity index (χ0n) is 12.4. The van der Waals surface area contributed by atoms with Gasteiger partial charge in [-0.15, -0.1) is 0 Å². The maximum absolute atomic E-state index is 11.9. The molecule has 106 valence electrons. The monoisotopic (exact) mass is 263 g/mol. The minimum Gasteiger partial charge on any atom is -0.372 e. The summed E-state index contributed by atoms with van der Waals surface area (Å²) < 4.78 is 0. The highest BCUT2D eigenvalue weighted by Gasteiger charge is 2.09. The van der Waals surface area contributed by atoms with E-state index in [0.29, 0.717) is 0 Å². The van der Waals surface area contributed by atoms with Gasteiger partial charge < -0.3 is 15.1 Å². The van der Waals surface area contributed by atoms with E-state index in [1.807, 2.05) is 38.1 Å². The van der Waals surface area contributed by atoms with Crippen LogP contribution < -0.4 is 10.2 Å². The number of benzene rings is 1. The van der Waals surface area contributed by atoms with Gasteiger partial charge in [-0.2, -0.15) is 0 Å². The summed E-state index contributed by atoms with van der Waals surface area (Å²) >= 11 is 0. The Bertz CT molecular complexity index is 381. The number of amides is 2. The number of hydrogen-bond donors (Lipinski definition) is 1. The van der Waals surface area contributed by atoms with Crippen LogP contribution >= 0.6 is 0 Å². The third-order valence-electron chi connectivity index (χ3n) is 3.30. The van der Waals surface area contributed by atoms with E-state index in [0.717, 1.165) is 31.9 Å². The Morgan fingerprint density at radius 2 is 1.47 bits per heavy atom. The van der Waals surface area contributed by atoms with Crippen molar-refractivity contribution in [1.29, 1.82) is 0 Å². The van der Waals surface area contributed by atoms with E-state index < -0.39 is 0 Å². The van der Waals surface area contributed by atoms with Crippen molar-refractivity contribution in [2.45, 2.75) is 27.7 Å². The Morgan fingerprint density at radius 1 is 0.947 bits per heavy atom. The highest BCUT2D eigenvalue weighted by Crippen LogP contribution is 2.17. The first-order chi connectivity index (χ1) is 9.15. The average molecular weight is 263 g/mol. The predicted molar refractivity (Wildman–Crippen MR) is 81.9 cm³/mol. The molecule has 1 N–H and O–H groups in total. The molecule has 0 spiro atoms. The topological polar surface area (TPSA) is 35.6 Å². The lowest BCUT2D eigenvalue weighted by Crippen LogP contribution is -2.34. The first-order valence-electron chi connectivity index (χ1n) is 7.07. The van der Waals surface area contributed by atoms with Crippen molar-refractivity contribution in [3.05, 3.63) is 24.3 Å². The van der Waals surface area contributed by atoms with Crippen LogP contribution in [0.5, 0.6) is 0 Å². The minimum atomic E-state index is -0.0411. The van der Waals surface area contributed by atoms with Crippen LogP contribution in [0, 0.1) is 0 Å². The summed E-state index contributed by atoms with van der Waals surface area (Å²) in [6.45, 7) is 11.7. The lowest BCUT2D eigenvalue weighted by molar-refractivity contribution is 0.217. The summed E-state index contributed by atoms with van der Waals surface area (Å²) in [6.07, 6.45) is 0. The van der Waals surface area contributed by atoms with Gasteiger partial charge in [0.05, 0.1) is 0 Å². The second-order valence-electron chi connectivity index (χ2n) is 4.32. The largest absolute Gasteiger partial charge is 0.372 e. The molecule has 0 saturated carbocycles. The van der Waals surface area contributed by atoms with Gasteiger partial charge in [0.1, 0.15) is 0 Å². The van der Waals surface area contributed by atoms with E-state index in [-0.39, 0.29) is 6.03 Å². The van der Waals surface area contributed by atoms with Gasteiger partial charge in [0.25, 0.3) is 0 Å². The summed E-state index contributed by atoms with van der Waals surface area (Å²) in [5.74, 6) is 0. The van der Waals surface area contributed by atoms with Crippen LogP contribution in [0.4, 0.5) is 16.2 Å². The van der Waals surface area contributed by atoms with Crippen molar-refractivity contribution < 1.29 is 4.79 Å². The van der Waals surface area contributed by atoms with Crippen LogP contribution in [0.1, 0.15) is 27.7 Å². The number of rotatable bonds is 6. The third kappa shape index (κ3) is 4.16. The summed E-state index contributed by atoms with van der Waals surface area (Å²) in [6, 6.07) is 7.96. The number of carbonyl (C=O) groups is 1. The van der Waals surface area contributed by atoms with Crippen molar-refractivity contribution in [2.75, 3.05) is 36.4 Å². The highest BCUT2D eigenvalue weighted by atomic mass is 16.2. The molecule has 0 bridgehead atoms. The van der Waals surface area contributed by atoms with E-state index in [1.165, 1.54) is 5.69 Å². The van der Waals surface area contributed by atoms with Gasteiger partial charge in [-0.1, -0.05) is 0 Å². The van der Waals surface area contributed by atoms with Gasteiger partial charge >= 0.3 is 6.03 Å². The van der Waals surface area contributed by atoms with Crippen molar-refractivity contribution in [2.24, 2.45) is 0 Å². The SMILES string of the molecule is CCN(CC)C(=O)Nc1ccc(N(CC)CC)cc1. The molecule has 2 amide bonds. The standard InChI is InChI=1S/C15H25N3O/c1-5-17(6-2)14-11-9-13(10-12-14)16-15(19)18(7-3)8-4/h9-12H,5-8H2,1-4H3,(H,16,19). The van der Waals surface area contributed by atoms with Crippen molar-refractivity contribution in [3.63, 3.8) is 0 Å². The average Bonchev–Trinajstić information content (AvgIpc) is 2.43. The molecule has 0 aromatic heterocycles. The van der Waals surface area contributed by atoms with E-state index >= 15 is 0 Å². The molecule has 0 radical (unpaired) electrons. The lowest BCUT2D eigenvalue weighted by atomic mass is 10.2. The van der Waals surface area contributed by atoms with Crippen LogP contribution in [-0.2, 0) is 0 Å². The van der Waals surface area contributed by atoms with Gasteiger partial charge in [0.15, 0.2) is 0 Å². The number of anilines is 2. The molecule has 0 saturated heterocycles.